The second-order valence-electron chi connectivity index (χ2n) is 5.58. The highest BCUT2D eigenvalue weighted by Crippen LogP contribution is 2.46. The third kappa shape index (κ3) is 7.44. The van der Waals surface area contributed by atoms with E-state index in [0.717, 1.165) is 0 Å². The largest absolute Gasteiger partial charge is 0.491 e. The van der Waals surface area contributed by atoms with Crippen molar-refractivity contribution in [1.29, 1.82) is 0 Å². The Bertz CT molecular complexity index is 1110. The summed E-state index contributed by atoms with van der Waals surface area (Å²) in [7, 11) is 0. The average Bonchev–Trinajstić information content (AvgIpc) is 2.67. The fraction of sp³-hybridized carbons (Fsp3) is 0.267. The van der Waals surface area contributed by atoms with Crippen LogP contribution in [0.2, 0.25) is 20.1 Å². The zero-order valence-electron chi connectivity index (χ0n) is 15.9. The van der Waals surface area contributed by atoms with Gasteiger partial charge in [-0.15, -0.1) is 0 Å². The Morgan fingerprint density at radius 2 is 1.26 bits per heavy atom. The highest BCUT2D eigenvalue weighted by Gasteiger charge is 2.56. The molecule has 1 rings (SSSR count). The molecule has 10 nitrogen and oxygen atoms in total. The number of rotatable bonds is 7. The van der Waals surface area contributed by atoms with Gasteiger partial charge in [0, 0.05) is 6.92 Å². The molecule has 20 heteroatoms. The molecule has 35 heavy (non-hydrogen) atoms. The fourth-order valence-corrected chi connectivity index (χ4v) is 3.29. The maximum absolute atomic E-state index is 12.5. The van der Waals surface area contributed by atoms with E-state index in [0.29, 0.717) is 6.92 Å². The standard InChI is InChI=1S/C15H4Cl7F3O10/c1-2(26)33-14(22,35-12(31)15(23,24)25)11(30)34-13(20,21)10(29)32-8-5(17)3(9(27)28)4(16)6(18)7(8)19/h1H3,(H,27,28). The van der Waals surface area contributed by atoms with Gasteiger partial charge >= 0.3 is 45.8 Å². The lowest BCUT2D eigenvalue weighted by molar-refractivity contribution is -0.240. The number of carboxylic acid groups (broad SMARTS) is 1. The summed E-state index contributed by atoms with van der Waals surface area (Å²) in [5.41, 5.74) is -0.897. The van der Waals surface area contributed by atoms with Crippen molar-refractivity contribution in [3.63, 3.8) is 0 Å². The lowest BCUT2D eigenvalue weighted by Gasteiger charge is -2.27. The molecule has 1 aromatic rings. The van der Waals surface area contributed by atoms with Crippen LogP contribution in [0.3, 0.4) is 0 Å². The lowest BCUT2D eigenvalue weighted by atomic mass is 10.2. The molecule has 0 aromatic heterocycles. The number of benzene rings is 1. The van der Waals surface area contributed by atoms with E-state index in [2.05, 4.69) is 18.9 Å². The van der Waals surface area contributed by atoms with Crippen LogP contribution in [0.15, 0.2) is 0 Å². The number of hydrogen-bond acceptors (Lipinski definition) is 9. The number of carboxylic acids is 1. The molecule has 0 spiro atoms. The third-order valence-corrected chi connectivity index (χ3v) is 5.51. The first-order valence-electron chi connectivity index (χ1n) is 7.77. The molecular formula is C15H4Cl7F3O10. The van der Waals surface area contributed by atoms with Crippen LogP contribution < -0.4 is 4.74 Å². The van der Waals surface area contributed by atoms with Gasteiger partial charge in [0.2, 0.25) is 0 Å². The second-order valence-corrected chi connectivity index (χ2v) is 8.85. The van der Waals surface area contributed by atoms with E-state index >= 15 is 0 Å². The molecule has 1 atom stereocenters. The normalized spacial score (nSPS) is 13.3. The van der Waals surface area contributed by atoms with Crippen molar-refractivity contribution in [1.82, 2.24) is 0 Å². The molecule has 194 valence electrons. The number of carbonyl (C=O) groups excluding carboxylic acids is 4. The van der Waals surface area contributed by atoms with Crippen molar-refractivity contribution < 1.29 is 61.2 Å². The molecule has 0 amide bonds. The molecule has 0 saturated heterocycles. The quantitative estimate of drug-likeness (QED) is 0.105. The van der Waals surface area contributed by atoms with Crippen molar-refractivity contribution in [2.45, 2.75) is 22.9 Å². The van der Waals surface area contributed by atoms with E-state index in [4.69, 9.17) is 81.2 Å². The van der Waals surface area contributed by atoms with Crippen molar-refractivity contribution in [2.75, 3.05) is 0 Å². The maximum Gasteiger partial charge on any atom is 0.491 e. The summed E-state index contributed by atoms with van der Waals surface area (Å²) < 4.78 is 50.3. The first-order valence-corrected chi connectivity index (χ1v) is 10.4. The minimum Gasteiger partial charge on any atom is -0.478 e. The summed E-state index contributed by atoms with van der Waals surface area (Å²) in [6.45, 7) is 0.531. The van der Waals surface area contributed by atoms with Gasteiger partial charge in [0.15, 0.2) is 5.75 Å². The molecule has 1 N–H and O–H groups in total. The number of hydrogen-bond donors (Lipinski definition) is 1. The first kappa shape index (κ1) is 31.4. The predicted octanol–water partition coefficient (Wildman–Crippen LogP) is 5.14. The van der Waals surface area contributed by atoms with E-state index in [1.807, 2.05) is 0 Å². The van der Waals surface area contributed by atoms with Gasteiger partial charge in [-0.1, -0.05) is 46.4 Å². The first-order chi connectivity index (χ1) is 15.7. The summed E-state index contributed by atoms with van der Waals surface area (Å²) >= 11 is 39.4. The number of carbonyl (C=O) groups is 5. The number of aromatic carboxylic acids is 1. The van der Waals surface area contributed by atoms with Crippen LogP contribution in [-0.2, 0) is 33.4 Å². The number of ether oxygens (including phenoxy) is 4. The van der Waals surface area contributed by atoms with Crippen molar-refractivity contribution >= 4 is 111 Å². The molecule has 0 saturated carbocycles. The summed E-state index contributed by atoms with van der Waals surface area (Å²) in [5, 5.41) is 2.22. The van der Waals surface area contributed by atoms with Crippen LogP contribution in [0.1, 0.15) is 17.3 Å². The monoisotopic (exact) mass is 646 g/mol. The summed E-state index contributed by atoms with van der Waals surface area (Å²) in [6.07, 6.45) is -5.73. The topological polar surface area (TPSA) is 142 Å². The molecule has 0 heterocycles. The van der Waals surface area contributed by atoms with Crippen molar-refractivity contribution in [2.24, 2.45) is 0 Å². The second kappa shape index (κ2) is 11.2. The Labute approximate surface area is 225 Å². The maximum atomic E-state index is 12.5. The van der Waals surface area contributed by atoms with Gasteiger partial charge in [-0.05, 0) is 34.8 Å². The lowest BCUT2D eigenvalue weighted by Crippen LogP contribution is -2.49. The number of alkyl halides is 6. The zero-order valence-corrected chi connectivity index (χ0v) is 21.2. The molecule has 0 aliphatic heterocycles. The Kier molecular flexibility index (Phi) is 10.1. The van der Waals surface area contributed by atoms with Crippen LogP contribution in [-0.4, -0.2) is 50.9 Å². The van der Waals surface area contributed by atoms with Gasteiger partial charge in [-0.25, -0.2) is 19.2 Å². The molecule has 0 aliphatic carbocycles. The summed E-state index contributed by atoms with van der Waals surface area (Å²) in [5.74, 6) is -11.9. The van der Waals surface area contributed by atoms with Crippen LogP contribution in [0, 0.1) is 0 Å². The van der Waals surface area contributed by atoms with Crippen molar-refractivity contribution in [3.05, 3.63) is 25.7 Å². The highest BCUT2D eigenvalue weighted by molar-refractivity contribution is 6.57. The smallest absolute Gasteiger partial charge is 0.478 e. The van der Waals surface area contributed by atoms with Crippen molar-refractivity contribution in [3.8, 4) is 5.75 Å². The SMILES string of the molecule is CC(=O)OC(Cl)(OC(=O)C(F)(F)F)C(=O)OC(Cl)(Cl)C(=O)Oc1c(Cl)c(Cl)c(Cl)c(C(=O)O)c1Cl. The molecule has 0 aliphatic rings. The molecule has 1 unspecified atom stereocenters. The van der Waals surface area contributed by atoms with E-state index in [-0.39, 0.29) is 0 Å². The number of esters is 4. The summed E-state index contributed by atoms with van der Waals surface area (Å²) in [6, 6.07) is 0. The molecular weight excluding hydrogens is 645 g/mol. The Morgan fingerprint density at radius 1 is 0.743 bits per heavy atom. The van der Waals surface area contributed by atoms with Gasteiger partial charge in [-0.2, -0.15) is 13.2 Å². The van der Waals surface area contributed by atoms with Crippen LogP contribution in [0.4, 0.5) is 13.2 Å². The minimum absolute atomic E-state index is 0.531. The van der Waals surface area contributed by atoms with Gasteiger partial charge in [0.25, 0.3) is 0 Å². The Balaban J connectivity index is 3.32. The van der Waals surface area contributed by atoms with E-state index in [9.17, 15) is 42.3 Å². The van der Waals surface area contributed by atoms with Gasteiger partial charge in [0.1, 0.15) is 15.6 Å². The van der Waals surface area contributed by atoms with Crippen LogP contribution in [0.5, 0.6) is 5.75 Å². The predicted molar refractivity (Wildman–Crippen MR) is 112 cm³/mol. The van der Waals surface area contributed by atoms with Gasteiger partial charge in [-0.3, -0.25) is 4.79 Å². The minimum atomic E-state index is -5.73. The van der Waals surface area contributed by atoms with Crippen LogP contribution >= 0.6 is 81.2 Å². The Morgan fingerprint density at radius 3 is 1.69 bits per heavy atom. The molecule has 0 fully saturated rings. The highest BCUT2D eigenvalue weighted by atomic mass is 35.5. The van der Waals surface area contributed by atoms with E-state index in [1.54, 1.807) is 0 Å². The van der Waals surface area contributed by atoms with Gasteiger partial charge in [0.05, 0.1) is 10.0 Å². The molecule has 0 radical (unpaired) electrons. The Hall–Kier alpha value is -1.61. The fourth-order valence-electron chi connectivity index (χ4n) is 1.73. The zero-order chi connectivity index (χ0) is 27.7. The average molecular weight is 649 g/mol. The molecule has 0 bridgehead atoms. The van der Waals surface area contributed by atoms with E-state index < -0.39 is 77.2 Å². The van der Waals surface area contributed by atoms with E-state index in [1.165, 1.54) is 0 Å². The summed E-state index contributed by atoms with van der Waals surface area (Å²) in [4.78, 5) is 58.0. The molecule has 1 aromatic carbocycles. The van der Waals surface area contributed by atoms with Crippen LogP contribution in [0.25, 0.3) is 0 Å². The van der Waals surface area contributed by atoms with Gasteiger partial charge < -0.3 is 24.1 Å². The third-order valence-electron chi connectivity index (χ3n) is 3.06. The number of halogens is 10.